The zero-order valence-corrected chi connectivity index (χ0v) is 8.84. The second kappa shape index (κ2) is 4.24. The second-order valence-corrected chi connectivity index (χ2v) is 4.10. The Morgan fingerprint density at radius 3 is 2.93 bits per heavy atom. The number of rotatable bonds is 3. The predicted octanol–water partition coefficient (Wildman–Crippen LogP) is 3.06. The quantitative estimate of drug-likeness (QED) is 0.831. The van der Waals surface area contributed by atoms with Gasteiger partial charge in [-0.05, 0) is 36.1 Å². The van der Waals surface area contributed by atoms with Crippen LogP contribution in [0.2, 0.25) is 0 Å². The smallest absolute Gasteiger partial charge is 0.126 e. The molecule has 0 aromatic carbocycles. The summed E-state index contributed by atoms with van der Waals surface area (Å²) in [5.74, 6) is 0.931. The van der Waals surface area contributed by atoms with E-state index in [9.17, 15) is 0 Å². The monoisotopic (exact) mass is 204 g/mol. The summed E-state index contributed by atoms with van der Waals surface area (Å²) in [6, 6.07) is 8.02. The molecular formula is C11H12N2S. The first-order valence-corrected chi connectivity index (χ1v) is 5.42. The zero-order valence-electron chi connectivity index (χ0n) is 8.03. The molecule has 0 aliphatic rings. The van der Waals surface area contributed by atoms with Crippen LogP contribution in [0.4, 0.5) is 5.82 Å². The van der Waals surface area contributed by atoms with Crippen molar-refractivity contribution in [1.29, 1.82) is 0 Å². The minimum Gasteiger partial charge on any atom is -0.365 e. The van der Waals surface area contributed by atoms with Crippen LogP contribution in [0.3, 0.4) is 0 Å². The van der Waals surface area contributed by atoms with Crippen molar-refractivity contribution in [2.75, 3.05) is 5.32 Å². The van der Waals surface area contributed by atoms with Crippen LogP contribution < -0.4 is 5.32 Å². The van der Waals surface area contributed by atoms with Gasteiger partial charge in [-0.3, -0.25) is 0 Å². The van der Waals surface area contributed by atoms with Gasteiger partial charge in [0.15, 0.2) is 0 Å². The van der Waals surface area contributed by atoms with E-state index in [-0.39, 0.29) is 0 Å². The molecule has 0 amide bonds. The SMILES string of the molecule is Cc1ccsc1CNc1ccccn1. The standard InChI is InChI=1S/C11H12N2S/c1-9-5-7-14-10(9)8-13-11-4-2-3-6-12-11/h2-7H,8H2,1H3,(H,12,13). The molecule has 2 nitrogen and oxygen atoms in total. The molecule has 0 bridgehead atoms. The summed E-state index contributed by atoms with van der Waals surface area (Å²) in [6.45, 7) is 2.99. The number of aryl methyl sites for hydroxylation is 1. The molecule has 0 fully saturated rings. The number of thiophene rings is 1. The van der Waals surface area contributed by atoms with E-state index in [0.29, 0.717) is 0 Å². The molecule has 1 N–H and O–H groups in total. The lowest BCUT2D eigenvalue weighted by atomic mass is 10.3. The topological polar surface area (TPSA) is 24.9 Å². The van der Waals surface area contributed by atoms with Gasteiger partial charge in [0.25, 0.3) is 0 Å². The van der Waals surface area contributed by atoms with Crippen molar-refractivity contribution in [3.63, 3.8) is 0 Å². The number of aromatic nitrogens is 1. The molecule has 0 radical (unpaired) electrons. The zero-order chi connectivity index (χ0) is 9.80. The highest BCUT2D eigenvalue weighted by Crippen LogP contribution is 2.16. The van der Waals surface area contributed by atoms with E-state index in [1.165, 1.54) is 10.4 Å². The van der Waals surface area contributed by atoms with Gasteiger partial charge < -0.3 is 5.32 Å². The van der Waals surface area contributed by atoms with Gasteiger partial charge in [-0.15, -0.1) is 11.3 Å². The maximum atomic E-state index is 4.20. The van der Waals surface area contributed by atoms with Crippen LogP contribution in [-0.4, -0.2) is 4.98 Å². The van der Waals surface area contributed by atoms with Gasteiger partial charge >= 0.3 is 0 Å². The first-order chi connectivity index (χ1) is 6.86. The van der Waals surface area contributed by atoms with Gasteiger partial charge in [-0.2, -0.15) is 0 Å². The second-order valence-electron chi connectivity index (χ2n) is 3.10. The van der Waals surface area contributed by atoms with Gasteiger partial charge in [-0.1, -0.05) is 6.07 Å². The molecule has 2 rings (SSSR count). The maximum Gasteiger partial charge on any atom is 0.126 e. The van der Waals surface area contributed by atoms with Crippen LogP contribution in [0, 0.1) is 6.92 Å². The van der Waals surface area contributed by atoms with E-state index >= 15 is 0 Å². The van der Waals surface area contributed by atoms with Gasteiger partial charge in [0.2, 0.25) is 0 Å². The third-order valence-corrected chi connectivity index (χ3v) is 3.09. The highest BCUT2D eigenvalue weighted by molar-refractivity contribution is 7.10. The maximum absolute atomic E-state index is 4.20. The first-order valence-electron chi connectivity index (χ1n) is 4.54. The summed E-state index contributed by atoms with van der Waals surface area (Å²) >= 11 is 1.78. The molecule has 0 saturated heterocycles. The summed E-state index contributed by atoms with van der Waals surface area (Å²) in [7, 11) is 0. The largest absolute Gasteiger partial charge is 0.365 e. The van der Waals surface area contributed by atoms with Crippen LogP contribution in [0.15, 0.2) is 35.8 Å². The van der Waals surface area contributed by atoms with Gasteiger partial charge in [-0.25, -0.2) is 4.98 Å². The van der Waals surface area contributed by atoms with Crippen LogP contribution in [0.1, 0.15) is 10.4 Å². The fourth-order valence-corrected chi connectivity index (χ4v) is 2.07. The van der Waals surface area contributed by atoms with E-state index in [0.717, 1.165) is 12.4 Å². The summed E-state index contributed by atoms with van der Waals surface area (Å²) in [4.78, 5) is 5.57. The number of nitrogens with zero attached hydrogens (tertiary/aromatic N) is 1. The Balaban J connectivity index is 1.99. The van der Waals surface area contributed by atoms with Crippen molar-refractivity contribution in [1.82, 2.24) is 4.98 Å². The van der Waals surface area contributed by atoms with E-state index in [4.69, 9.17) is 0 Å². The highest BCUT2D eigenvalue weighted by atomic mass is 32.1. The van der Waals surface area contributed by atoms with E-state index in [1.807, 2.05) is 18.2 Å². The number of nitrogens with one attached hydrogen (secondary N) is 1. The average Bonchev–Trinajstić information content (AvgIpc) is 2.63. The van der Waals surface area contributed by atoms with E-state index < -0.39 is 0 Å². The number of pyridine rings is 1. The molecule has 14 heavy (non-hydrogen) atoms. The molecule has 3 heteroatoms. The van der Waals surface area contributed by atoms with Crippen molar-refractivity contribution in [3.8, 4) is 0 Å². The number of hydrogen-bond donors (Lipinski definition) is 1. The van der Waals surface area contributed by atoms with Crippen LogP contribution >= 0.6 is 11.3 Å². The Bertz CT molecular complexity index is 395. The van der Waals surface area contributed by atoms with Crippen molar-refractivity contribution in [2.24, 2.45) is 0 Å². The normalized spacial score (nSPS) is 10.1. The Hall–Kier alpha value is -1.35. The molecule has 0 aliphatic carbocycles. The Kier molecular flexibility index (Phi) is 2.79. The average molecular weight is 204 g/mol. The predicted molar refractivity (Wildman–Crippen MR) is 60.6 cm³/mol. The van der Waals surface area contributed by atoms with E-state index in [2.05, 4.69) is 28.7 Å². The van der Waals surface area contributed by atoms with Gasteiger partial charge in [0.05, 0.1) is 6.54 Å². The molecule has 2 aromatic heterocycles. The summed E-state index contributed by atoms with van der Waals surface area (Å²) < 4.78 is 0. The third kappa shape index (κ3) is 2.12. The Labute approximate surface area is 87.6 Å². The minimum absolute atomic E-state index is 0.862. The van der Waals surface area contributed by atoms with Crippen molar-refractivity contribution in [2.45, 2.75) is 13.5 Å². The fourth-order valence-electron chi connectivity index (χ4n) is 1.22. The van der Waals surface area contributed by atoms with Crippen molar-refractivity contribution < 1.29 is 0 Å². The van der Waals surface area contributed by atoms with Crippen molar-refractivity contribution in [3.05, 3.63) is 46.3 Å². The minimum atomic E-state index is 0.862. The molecule has 0 aliphatic heterocycles. The Morgan fingerprint density at radius 1 is 1.36 bits per heavy atom. The van der Waals surface area contributed by atoms with Gasteiger partial charge in [0.1, 0.15) is 5.82 Å². The molecule has 0 spiro atoms. The molecular weight excluding hydrogens is 192 g/mol. The molecule has 0 atom stereocenters. The van der Waals surface area contributed by atoms with E-state index in [1.54, 1.807) is 17.5 Å². The summed E-state index contributed by atoms with van der Waals surface area (Å²) in [6.07, 6.45) is 1.80. The lowest BCUT2D eigenvalue weighted by Gasteiger charge is -2.03. The number of hydrogen-bond acceptors (Lipinski definition) is 3. The van der Waals surface area contributed by atoms with Crippen molar-refractivity contribution >= 4 is 17.2 Å². The molecule has 2 heterocycles. The molecule has 0 saturated carbocycles. The number of anilines is 1. The first kappa shape index (κ1) is 9.21. The summed E-state index contributed by atoms with van der Waals surface area (Å²) in [5.41, 5.74) is 1.35. The van der Waals surface area contributed by atoms with Crippen LogP contribution in [0.5, 0.6) is 0 Å². The lowest BCUT2D eigenvalue weighted by molar-refractivity contribution is 1.12. The summed E-state index contributed by atoms with van der Waals surface area (Å²) in [5, 5.41) is 5.40. The van der Waals surface area contributed by atoms with Crippen LogP contribution in [-0.2, 0) is 6.54 Å². The molecule has 2 aromatic rings. The molecule has 72 valence electrons. The Morgan fingerprint density at radius 2 is 2.29 bits per heavy atom. The fraction of sp³-hybridized carbons (Fsp3) is 0.182. The van der Waals surface area contributed by atoms with Gasteiger partial charge in [0, 0.05) is 11.1 Å². The third-order valence-electron chi connectivity index (χ3n) is 2.06. The highest BCUT2D eigenvalue weighted by Gasteiger charge is 1.98. The molecule has 0 unspecified atom stereocenters. The lowest BCUT2D eigenvalue weighted by Crippen LogP contribution is -1.99. The van der Waals surface area contributed by atoms with Crippen LogP contribution in [0.25, 0.3) is 0 Å².